The predicted octanol–water partition coefficient (Wildman–Crippen LogP) is 2.93. The molecule has 5 heteroatoms. The lowest BCUT2D eigenvalue weighted by molar-refractivity contribution is 0.554. The first kappa shape index (κ1) is 14.9. The first-order valence-electron chi connectivity index (χ1n) is 6.74. The Hall–Kier alpha value is -1.46. The number of hydrogen-bond donors (Lipinski definition) is 1. The summed E-state index contributed by atoms with van der Waals surface area (Å²) >= 11 is 1.45. The first-order chi connectivity index (χ1) is 9.41. The van der Waals surface area contributed by atoms with E-state index in [-0.39, 0.29) is 5.41 Å². The van der Waals surface area contributed by atoms with E-state index in [2.05, 4.69) is 47.2 Å². The Kier molecular flexibility index (Phi) is 4.40. The first-order valence-corrected chi connectivity index (χ1v) is 7.51. The van der Waals surface area contributed by atoms with Gasteiger partial charge >= 0.3 is 0 Å². The fourth-order valence-corrected chi connectivity index (χ4v) is 2.72. The van der Waals surface area contributed by atoms with Gasteiger partial charge < -0.3 is 10.6 Å². The predicted molar refractivity (Wildman–Crippen MR) is 85.0 cm³/mol. The lowest BCUT2D eigenvalue weighted by Crippen LogP contribution is -2.19. The van der Waals surface area contributed by atoms with Crippen LogP contribution in [0.25, 0.3) is 0 Å². The van der Waals surface area contributed by atoms with E-state index < -0.39 is 0 Å². The topological polar surface area (TPSA) is 55.0 Å². The lowest BCUT2D eigenvalue weighted by Gasteiger charge is -2.18. The van der Waals surface area contributed by atoms with Crippen molar-refractivity contribution in [2.24, 2.45) is 5.73 Å². The van der Waals surface area contributed by atoms with Crippen LogP contribution in [-0.4, -0.2) is 16.4 Å². The van der Waals surface area contributed by atoms with Crippen molar-refractivity contribution in [3.05, 3.63) is 41.2 Å². The molecule has 1 aromatic carbocycles. The summed E-state index contributed by atoms with van der Waals surface area (Å²) in [5.41, 5.74) is 8.19. The van der Waals surface area contributed by atoms with Crippen molar-refractivity contribution in [1.82, 2.24) is 9.36 Å². The highest BCUT2D eigenvalue weighted by Gasteiger charge is 2.20. The third-order valence-corrected chi connectivity index (χ3v) is 3.99. The van der Waals surface area contributed by atoms with Crippen LogP contribution in [0, 0.1) is 0 Å². The molecule has 0 saturated carbocycles. The van der Waals surface area contributed by atoms with E-state index in [1.54, 1.807) is 0 Å². The van der Waals surface area contributed by atoms with Gasteiger partial charge in [-0.15, -0.1) is 0 Å². The number of anilines is 1. The Morgan fingerprint density at radius 2 is 1.85 bits per heavy atom. The Bertz CT molecular complexity index is 571. The third-order valence-electron chi connectivity index (χ3n) is 3.16. The quantitative estimate of drug-likeness (QED) is 0.940. The molecule has 0 aliphatic carbocycles. The van der Waals surface area contributed by atoms with Crippen LogP contribution in [0.2, 0.25) is 0 Å². The largest absolute Gasteiger partial charge is 0.346 e. The van der Waals surface area contributed by atoms with Crippen molar-refractivity contribution in [3.8, 4) is 0 Å². The van der Waals surface area contributed by atoms with Gasteiger partial charge in [0.2, 0.25) is 5.13 Å². The standard InChI is InChI=1S/C15H22N4S/c1-15(2,3)13-17-14(20-18-13)19(4)10-12-8-6-5-7-11(12)9-16/h5-8H,9-10,16H2,1-4H3. The van der Waals surface area contributed by atoms with Gasteiger partial charge in [0.05, 0.1) is 0 Å². The van der Waals surface area contributed by atoms with Crippen molar-refractivity contribution in [3.63, 3.8) is 0 Å². The summed E-state index contributed by atoms with van der Waals surface area (Å²) < 4.78 is 4.46. The summed E-state index contributed by atoms with van der Waals surface area (Å²) in [6.07, 6.45) is 0. The number of hydrogen-bond acceptors (Lipinski definition) is 5. The minimum atomic E-state index is -0.00917. The molecule has 1 heterocycles. The van der Waals surface area contributed by atoms with E-state index in [0.717, 1.165) is 17.5 Å². The van der Waals surface area contributed by atoms with Crippen LogP contribution in [0.4, 0.5) is 5.13 Å². The van der Waals surface area contributed by atoms with Gasteiger partial charge in [-0.2, -0.15) is 4.37 Å². The smallest absolute Gasteiger partial charge is 0.205 e. The second-order valence-electron chi connectivity index (χ2n) is 5.98. The number of nitrogens with two attached hydrogens (primary N) is 1. The monoisotopic (exact) mass is 290 g/mol. The van der Waals surface area contributed by atoms with Crippen molar-refractivity contribution >= 4 is 16.7 Å². The molecule has 2 N–H and O–H groups in total. The summed E-state index contributed by atoms with van der Waals surface area (Å²) in [6, 6.07) is 8.26. The minimum absolute atomic E-state index is 0.00917. The maximum atomic E-state index is 5.78. The molecule has 0 atom stereocenters. The maximum absolute atomic E-state index is 5.78. The van der Waals surface area contributed by atoms with Crippen LogP contribution in [-0.2, 0) is 18.5 Å². The molecule has 108 valence electrons. The average molecular weight is 290 g/mol. The molecule has 0 amide bonds. The molecule has 0 aliphatic rings. The summed E-state index contributed by atoms with van der Waals surface area (Å²) in [4.78, 5) is 6.76. The highest BCUT2D eigenvalue weighted by Crippen LogP contribution is 2.25. The van der Waals surface area contributed by atoms with Gasteiger partial charge in [0, 0.05) is 37.1 Å². The van der Waals surface area contributed by atoms with Gasteiger partial charge in [-0.25, -0.2) is 4.98 Å². The van der Waals surface area contributed by atoms with Crippen LogP contribution in [0.1, 0.15) is 37.7 Å². The zero-order valence-corrected chi connectivity index (χ0v) is 13.4. The van der Waals surface area contributed by atoms with Gasteiger partial charge in [0.25, 0.3) is 0 Å². The Morgan fingerprint density at radius 1 is 1.20 bits per heavy atom. The van der Waals surface area contributed by atoms with Crippen LogP contribution in [0.15, 0.2) is 24.3 Å². The molecule has 1 aromatic heterocycles. The van der Waals surface area contributed by atoms with Crippen molar-refractivity contribution in [2.45, 2.75) is 39.3 Å². The summed E-state index contributed by atoms with van der Waals surface area (Å²) in [7, 11) is 2.04. The number of benzene rings is 1. The zero-order valence-electron chi connectivity index (χ0n) is 12.6. The number of nitrogens with zero attached hydrogens (tertiary/aromatic N) is 3. The van der Waals surface area contributed by atoms with Crippen molar-refractivity contribution in [1.29, 1.82) is 0 Å². The van der Waals surface area contributed by atoms with E-state index in [9.17, 15) is 0 Å². The normalized spacial score (nSPS) is 11.7. The SMILES string of the molecule is CN(Cc1ccccc1CN)c1nc(C(C)(C)C)ns1. The highest BCUT2D eigenvalue weighted by atomic mass is 32.1. The molecule has 4 nitrogen and oxygen atoms in total. The van der Waals surface area contributed by atoms with Crippen LogP contribution in [0.3, 0.4) is 0 Å². The molecule has 0 fully saturated rings. The number of rotatable bonds is 4. The molecule has 0 spiro atoms. The van der Waals surface area contributed by atoms with Crippen LogP contribution < -0.4 is 10.6 Å². The van der Waals surface area contributed by atoms with Gasteiger partial charge in [-0.05, 0) is 11.1 Å². The molecule has 2 aromatic rings. The highest BCUT2D eigenvalue weighted by molar-refractivity contribution is 7.09. The molecule has 0 saturated heterocycles. The van der Waals surface area contributed by atoms with Crippen molar-refractivity contribution < 1.29 is 0 Å². The van der Waals surface area contributed by atoms with Crippen LogP contribution >= 0.6 is 11.5 Å². The summed E-state index contributed by atoms with van der Waals surface area (Å²) in [5, 5.41) is 0.946. The Labute approximate surface area is 124 Å². The fraction of sp³-hybridized carbons (Fsp3) is 0.467. The molecule has 0 aliphatic heterocycles. The molecule has 2 rings (SSSR count). The third kappa shape index (κ3) is 3.35. The minimum Gasteiger partial charge on any atom is -0.346 e. The van der Waals surface area contributed by atoms with Crippen LogP contribution in [0.5, 0.6) is 0 Å². The molecule has 0 bridgehead atoms. The van der Waals surface area contributed by atoms with Gasteiger partial charge in [0.1, 0.15) is 5.82 Å². The van der Waals surface area contributed by atoms with E-state index in [1.165, 1.54) is 22.7 Å². The van der Waals surface area contributed by atoms with E-state index in [0.29, 0.717) is 6.54 Å². The van der Waals surface area contributed by atoms with E-state index in [1.807, 2.05) is 19.2 Å². The number of aromatic nitrogens is 2. The van der Waals surface area contributed by atoms with E-state index >= 15 is 0 Å². The van der Waals surface area contributed by atoms with Crippen molar-refractivity contribution in [2.75, 3.05) is 11.9 Å². The molecular formula is C15H22N4S. The lowest BCUT2D eigenvalue weighted by atomic mass is 9.96. The molecule has 0 radical (unpaired) electrons. The molecule has 0 unspecified atom stereocenters. The van der Waals surface area contributed by atoms with Gasteiger partial charge in [-0.1, -0.05) is 45.0 Å². The van der Waals surface area contributed by atoms with E-state index in [4.69, 9.17) is 5.73 Å². The average Bonchev–Trinajstić information content (AvgIpc) is 2.89. The van der Waals surface area contributed by atoms with Gasteiger partial charge in [0.15, 0.2) is 0 Å². The second-order valence-corrected chi connectivity index (χ2v) is 6.71. The summed E-state index contributed by atoms with van der Waals surface area (Å²) in [5.74, 6) is 0.900. The maximum Gasteiger partial charge on any atom is 0.205 e. The Balaban J connectivity index is 2.16. The molecule has 20 heavy (non-hydrogen) atoms. The Morgan fingerprint density at radius 3 is 2.40 bits per heavy atom. The molecular weight excluding hydrogens is 268 g/mol. The second kappa shape index (κ2) is 5.89. The fourth-order valence-electron chi connectivity index (χ4n) is 1.91. The summed E-state index contributed by atoms with van der Waals surface area (Å²) in [6.45, 7) is 7.74. The zero-order chi connectivity index (χ0) is 14.8. The van der Waals surface area contributed by atoms with Gasteiger partial charge in [-0.3, -0.25) is 0 Å².